The standard InChI is InChI=1S/C22H27NO5/c24-20(23-11-17-12-26-18-3-1-2-4-19(18)28-17)13-27-21(25)22-8-14-5-15(9-22)7-16(6-14)10-22/h1-4,14-17H,5-13H2,(H,23,24)/t14?,15?,16?,17-,22?/m1/s1. The Bertz CT molecular complexity index is 741. The highest BCUT2D eigenvalue weighted by Crippen LogP contribution is 2.60. The third-order valence-electron chi connectivity index (χ3n) is 6.90. The van der Waals surface area contributed by atoms with Gasteiger partial charge in [-0.3, -0.25) is 9.59 Å². The Hall–Kier alpha value is -2.24. The first-order valence-corrected chi connectivity index (χ1v) is 10.4. The summed E-state index contributed by atoms with van der Waals surface area (Å²) >= 11 is 0. The highest BCUT2D eigenvalue weighted by atomic mass is 16.6. The van der Waals surface area contributed by atoms with Crippen LogP contribution in [0.1, 0.15) is 38.5 Å². The van der Waals surface area contributed by atoms with Gasteiger partial charge in [-0.1, -0.05) is 12.1 Å². The average Bonchev–Trinajstić information content (AvgIpc) is 2.69. The lowest BCUT2D eigenvalue weighted by Crippen LogP contribution is -2.51. The monoisotopic (exact) mass is 385 g/mol. The van der Waals surface area contributed by atoms with E-state index < -0.39 is 0 Å². The molecule has 1 aliphatic heterocycles. The molecule has 150 valence electrons. The molecule has 0 saturated heterocycles. The smallest absolute Gasteiger partial charge is 0.312 e. The number of benzene rings is 1. The molecule has 6 rings (SSSR count). The minimum atomic E-state index is -0.320. The number of rotatable bonds is 5. The number of amides is 1. The quantitative estimate of drug-likeness (QED) is 0.789. The molecule has 1 heterocycles. The zero-order chi connectivity index (χ0) is 19.1. The molecule has 0 aromatic heterocycles. The first-order chi connectivity index (χ1) is 13.6. The summed E-state index contributed by atoms with van der Waals surface area (Å²) in [7, 11) is 0. The van der Waals surface area contributed by atoms with Crippen LogP contribution in [0.4, 0.5) is 0 Å². The van der Waals surface area contributed by atoms with E-state index in [9.17, 15) is 9.59 Å². The predicted octanol–water partition coefficient (Wildman–Crippen LogP) is 2.70. The fraction of sp³-hybridized carbons (Fsp3) is 0.636. The van der Waals surface area contributed by atoms with Crippen LogP contribution >= 0.6 is 0 Å². The van der Waals surface area contributed by atoms with Gasteiger partial charge in [0.15, 0.2) is 18.1 Å². The summed E-state index contributed by atoms with van der Waals surface area (Å²) < 4.78 is 16.9. The number of carbonyl (C=O) groups excluding carboxylic acids is 2. The predicted molar refractivity (Wildman–Crippen MR) is 101 cm³/mol. The number of esters is 1. The van der Waals surface area contributed by atoms with Crippen molar-refractivity contribution in [2.24, 2.45) is 23.2 Å². The molecule has 1 amide bonds. The van der Waals surface area contributed by atoms with Crippen molar-refractivity contribution in [1.29, 1.82) is 0 Å². The van der Waals surface area contributed by atoms with Crippen molar-refractivity contribution in [2.45, 2.75) is 44.6 Å². The molecule has 28 heavy (non-hydrogen) atoms. The molecule has 6 nitrogen and oxygen atoms in total. The SMILES string of the molecule is O=C(COC(=O)C12CC3CC(CC(C3)C1)C2)NC[C@@H]1COc2ccccc2O1. The van der Waals surface area contributed by atoms with Crippen LogP contribution in [-0.2, 0) is 14.3 Å². The summed E-state index contributed by atoms with van der Waals surface area (Å²) in [4.78, 5) is 25.0. The van der Waals surface area contributed by atoms with E-state index in [2.05, 4.69) is 5.32 Å². The zero-order valence-corrected chi connectivity index (χ0v) is 16.0. The lowest BCUT2D eigenvalue weighted by molar-refractivity contribution is -0.173. The highest BCUT2D eigenvalue weighted by molar-refractivity contribution is 5.83. The summed E-state index contributed by atoms with van der Waals surface area (Å²) in [6, 6.07) is 7.47. The van der Waals surface area contributed by atoms with Crippen LogP contribution in [0.2, 0.25) is 0 Å². The second kappa shape index (κ2) is 6.98. The van der Waals surface area contributed by atoms with E-state index in [4.69, 9.17) is 14.2 Å². The van der Waals surface area contributed by atoms with Crippen LogP contribution in [0.15, 0.2) is 24.3 Å². The Labute approximate surface area is 164 Å². The van der Waals surface area contributed by atoms with Gasteiger partial charge in [0.2, 0.25) is 0 Å². The van der Waals surface area contributed by atoms with Crippen molar-refractivity contribution in [1.82, 2.24) is 5.32 Å². The van der Waals surface area contributed by atoms with Gasteiger partial charge >= 0.3 is 5.97 Å². The topological polar surface area (TPSA) is 73.9 Å². The van der Waals surface area contributed by atoms with Gasteiger partial charge in [0, 0.05) is 0 Å². The van der Waals surface area contributed by atoms with Crippen molar-refractivity contribution < 1.29 is 23.8 Å². The highest BCUT2D eigenvalue weighted by Gasteiger charge is 2.55. The maximum atomic E-state index is 12.8. The van der Waals surface area contributed by atoms with Crippen molar-refractivity contribution in [3.63, 3.8) is 0 Å². The number of hydrogen-bond acceptors (Lipinski definition) is 5. The third kappa shape index (κ3) is 3.33. The molecule has 4 fully saturated rings. The Morgan fingerprint density at radius 2 is 1.68 bits per heavy atom. The van der Waals surface area contributed by atoms with Gasteiger partial charge < -0.3 is 19.5 Å². The van der Waals surface area contributed by atoms with Crippen molar-refractivity contribution in [2.75, 3.05) is 19.8 Å². The number of nitrogens with one attached hydrogen (secondary N) is 1. The van der Waals surface area contributed by atoms with Crippen LogP contribution in [0.3, 0.4) is 0 Å². The number of carbonyl (C=O) groups is 2. The molecule has 6 heteroatoms. The van der Waals surface area contributed by atoms with Gasteiger partial charge in [0.1, 0.15) is 12.7 Å². The summed E-state index contributed by atoms with van der Waals surface area (Å²) in [5.74, 6) is 2.99. The van der Waals surface area contributed by atoms with Crippen LogP contribution in [0.25, 0.3) is 0 Å². The molecule has 0 radical (unpaired) electrons. The van der Waals surface area contributed by atoms with Crippen LogP contribution in [0.5, 0.6) is 11.5 Å². The minimum absolute atomic E-state index is 0.159. The second-order valence-electron chi connectivity index (χ2n) is 9.08. The van der Waals surface area contributed by atoms with Gasteiger partial charge in [-0.2, -0.15) is 0 Å². The Morgan fingerprint density at radius 3 is 2.36 bits per heavy atom. The molecule has 4 aliphatic carbocycles. The summed E-state index contributed by atoms with van der Waals surface area (Å²) in [5, 5.41) is 2.79. The molecule has 4 saturated carbocycles. The molecule has 1 aromatic carbocycles. The average molecular weight is 385 g/mol. The Morgan fingerprint density at radius 1 is 1.04 bits per heavy atom. The van der Waals surface area contributed by atoms with Crippen molar-refractivity contribution in [3.05, 3.63) is 24.3 Å². The maximum absolute atomic E-state index is 12.8. The summed E-state index contributed by atoms with van der Waals surface area (Å²) in [6.07, 6.45) is 6.43. The molecule has 0 spiro atoms. The van der Waals surface area contributed by atoms with Crippen LogP contribution < -0.4 is 14.8 Å². The number of fused-ring (bicyclic) bond motifs is 1. The van der Waals surface area contributed by atoms with E-state index in [1.54, 1.807) is 0 Å². The maximum Gasteiger partial charge on any atom is 0.312 e. The van der Waals surface area contributed by atoms with E-state index in [1.807, 2.05) is 24.3 Å². The van der Waals surface area contributed by atoms with Gasteiger partial charge in [-0.25, -0.2) is 0 Å². The fourth-order valence-corrected chi connectivity index (χ4v) is 6.09. The first-order valence-electron chi connectivity index (χ1n) is 10.4. The molecule has 1 atom stereocenters. The number of hydrogen-bond donors (Lipinski definition) is 1. The molecule has 4 bridgehead atoms. The largest absolute Gasteiger partial charge is 0.486 e. The normalized spacial score (nSPS) is 34.7. The molecular formula is C22H27NO5. The zero-order valence-electron chi connectivity index (χ0n) is 16.0. The van der Waals surface area contributed by atoms with E-state index in [0.717, 1.165) is 25.0 Å². The third-order valence-corrected chi connectivity index (χ3v) is 6.90. The number of ether oxygens (including phenoxy) is 3. The fourth-order valence-electron chi connectivity index (χ4n) is 6.09. The van der Waals surface area contributed by atoms with Crippen LogP contribution in [-0.4, -0.2) is 37.7 Å². The van der Waals surface area contributed by atoms with Crippen molar-refractivity contribution >= 4 is 11.9 Å². The van der Waals surface area contributed by atoms with Crippen LogP contribution in [0, 0.1) is 23.2 Å². The Kier molecular flexibility index (Phi) is 4.44. The first kappa shape index (κ1) is 17.8. The van der Waals surface area contributed by atoms with E-state index in [0.29, 0.717) is 36.7 Å². The molecular weight excluding hydrogens is 358 g/mol. The van der Waals surface area contributed by atoms with Crippen molar-refractivity contribution in [3.8, 4) is 11.5 Å². The Balaban J connectivity index is 1.09. The lowest BCUT2D eigenvalue weighted by atomic mass is 9.49. The van der Waals surface area contributed by atoms with Gasteiger partial charge in [0.05, 0.1) is 12.0 Å². The lowest BCUT2D eigenvalue weighted by Gasteiger charge is -2.55. The van der Waals surface area contributed by atoms with E-state index >= 15 is 0 Å². The second-order valence-corrected chi connectivity index (χ2v) is 9.08. The van der Waals surface area contributed by atoms with Gasteiger partial charge in [-0.15, -0.1) is 0 Å². The molecule has 1 aromatic rings. The van der Waals surface area contributed by atoms with E-state index in [-0.39, 0.29) is 30.0 Å². The minimum Gasteiger partial charge on any atom is -0.486 e. The van der Waals surface area contributed by atoms with E-state index in [1.165, 1.54) is 19.3 Å². The summed E-state index contributed by atoms with van der Waals surface area (Å²) in [5.41, 5.74) is -0.320. The summed E-state index contributed by atoms with van der Waals surface area (Å²) in [6.45, 7) is 0.483. The van der Waals surface area contributed by atoms with Gasteiger partial charge in [0.25, 0.3) is 5.91 Å². The molecule has 1 N–H and O–H groups in total. The molecule has 5 aliphatic rings. The molecule has 0 unspecified atom stereocenters. The van der Waals surface area contributed by atoms with Gasteiger partial charge in [-0.05, 0) is 68.4 Å². The number of para-hydroxylation sites is 2.